The van der Waals surface area contributed by atoms with E-state index in [-0.39, 0.29) is 5.75 Å². The number of aromatic nitrogens is 1. The first-order chi connectivity index (χ1) is 8.19. The van der Waals surface area contributed by atoms with Crippen LogP contribution in [-0.4, -0.2) is 25.7 Å². The van der Waals surface area contributed by atoms with Crippen LogP contribution >= 0.6 is 11.3 Å². The van der Waals surface area contributed by atoms with Crippen LogP contribution in [0.4, 0.5) is 0 Å². The van der Waals surface area contributed by atoms with Gasteiger partial charge in [0.2, 0.25) is 0 Å². The zero-order chi connectivity index (χ0) is 13.9. The first kappa shape index (κ1) is 15.6. The molecule has 0 aliphatic rings. The average Bonchev–Trinajstić information content (AvgIpc) is 2.55. The van der Waals surface area contributed by atoms with Crippen LogP contribution in [0, 0.1) is 0 Å². The minimum atomic E-state index is -3.01. The van der Waals surface area contributed by atoms with Crippen LogP contribution in [0.3, 0.4) is 0 Å². The average molecular weight is 290 g/mol. The summed E-state index contributed by atoms with van der Waals surface area (Å²) in [5.41, 5.74) is 1.02. The molecule has 104 valence electrons. The Kier molecular flexibility index (Phi) is 5.31. The van der Waals surface area contributed by atoms with Gasteiger partial charge in [-0.25, -0.2) is 13.4 Å². The molecule has 1 aromatic heterocycles. The van der Waals surface area contributed by atoms with Crippen LogP contribution in [0.2, 0.25) is 0 Å². The SMILES string of the molecule is CC(C)NCc1sc(CS(C)(=O)=O)nc1C(C)C. The fraction of sp³-hybridized carbons (Fsp3) is 0.750. The molecule has 0 saturated heterocycles. The topological polar surface area (TPSA) is 59.1 Å². The van der Waals surface area contributed by atoms with Crippen molar-refractivity contribution in [3.05, 3.63) is 15.6 Å². The van der Waals surface area contributed by atoms with E-state index in [9.17, 15) is 8.42 Å². The lowest BCUT2D eigenvalue weighted by molar-refractivity contribution is 0.588. The number of nitrogens with zero attached hydrogens (tertiary/aromatic N) is 1. The summed E-state index contributed by atoms with van der Waals surface area (Å²) in [6.45, 7) is 9.10. The largest absolute Gasteiger partial charge is 0.310 e. The molecule has 1 N–H and O–H groups in total. The van der Waals surface area contributed by atoms with E-state index < -0.39 is 9.84 Å². The van der Waals surface area contributed by atoms with E-state index in [1.807, 2.05) is 0 Å². The van der Waals surface area contributed by atoms with E-state index in [2.05, 4.69) is 38.0 Å². The second kappa shape index (κ2) is 6.12. The Morgan fingerprint density at radius 1 is 1.28 bits per heavy atom. The third kappa shape index (κ3) is 5.04. The van der Waals surface area contributed by atoms with Crippen molar-refractivity contribution in [2.45, 2.75) is 52.0 Å². The molecule has 6 heteroatoms. The summed E-state index contributed by atoms with van der Waals surface area (Å²) < 4.78 is 22.6. The number of hydrogen-bond acceptors (Lipinski definition) is 5. The van der Waals surface area contributed by atoms with Crippen molar-refractivity contribution in [1.29, 1.82) is 0 Å². The monoisotopic (exact) mass is 290 g/mol. The van der Waals surface area contributed by atoms with E-state index in [0.29, 0.717) is 17.0 Å². The van der Waals surface area contributed by atoms with Crippen molar-refractivity contribution < 1.29 is 8.42 Å². The normalized spacial score (nSPS) is 12.6. The van der Waals surface area contributed by atoms with Gasteiger partial charge in [0, 0.05) is 23.7 Å². The Hall–Kier alpha value is -0.460. The molecule has 0 spiro atoms. The molecule has 18 heavy (non-hydrogen) atoms. The van der Waals surface area contributed by atoms with Gasteiger partial charge in [-0.05, 0) is 5.92 Å². The van der Waals surface area contributed by atoms with E-state index >= 15 is 0 Å². The highest BCUT2D eigenvalue weighted by molar-refractivity contribution is 7.90. The molecule has 0 bridgehead atoms. The van der Waals surface area contributed by atoms with Crippen LogP contribution in [0.25, 0.3) is 0 Å². The molecule has 1 heterocycles. The molecule has 1 aromatic rings. The van der Waals surface area contributed by atoms with Gasteiger partial charge in [0.25, 0.3) is 0 Å². The second-order valence-electron chi connectivity index (χ2n) is 5.18. The molecule has 0 aliphatic heterocycles. The van der Waals surface area contributed by atoms with Crippen LogP contribution in [0.1, 0.15) is 49.2 Å². The number of thiazole rings is 1. The van der Waals surface area contributed by atoms with Crippen molar-refractivity contribution >= 4 is 21.2 Å². The minimum Gasteiger partial charge on any atom is -0.310 e. The van der Waals surface area contributed by atoms with Crippen LogP contribution < -0.4 is 5.32 Å². The summed E-state index contributed by atoms with van der Waals surface area (Å²) in [5, 5.41) is 4.05. The lowest BCUT2D eigenvalue weighted by atomic mass is 10.1. The van der Waals surface area contributed by atoms with Crippen molar-refractivity contribution in [3.8, 4) is 0 Å². The van der Waals surface area contributed by atoms with E-state index in [1.54, 1.807) is 0 Å². The van der Waals surface area contributed by atoms with Crippen LogP contribution in [0.15, 0.2) is 0 Å². The van der Waals surface area contributed by atoms with Gasteiger partial charge >= 0.3 is 0 Å². The number of hydrogen-bond donors (Lipinski definition) is 1. The predicted molar refractivity (Wildman–Crippen MR) is 76.7 cm³/mol. The number of rotatable bonds is 6. The van der Waals surface area contributed by atoms with Gasteiger partial charge in [0.15, 0.2) is 9.84 Å². The summed E-state index contributed by atoms with van der Waals surface area (Å²) >= 11 is 1.50. The van der Waals surface area contributed by atoms with Crippen molar-refractivity contribution in [2.24, 2.45) is 0 Å². The maximum absolute atomic E-state index is 11.3. The van der Waals surface area contributed by atoms with Gasteiger partial charge in [-0.3, -0.25) is 0 Å². The standard InChI is InChI=1S/C12H22N2O2S2/c1-8(2)12-10(6-13-9(3)4)17-11(14-12)7-18(5,15)16/h8-9,13H,6-7H2,1-5H3. The molecule has 1 rings (SSSR count). The smallest absolute Gasteiger partial charge is 0.153 e. The molecule has 0 radical (unpaired) electrons. The quantitative estimate of drug-likeness (QED) is 0.873. The molecule has 0 amide bonds. The number of nitrogens with one attached hydrogen (secondary N) is 1. The Balaban J connectivity index is 2.94. The highest BCUT2D eigenvalue weighted by atomic mass is 32.2. The Morgan fingerprint density at radius 3 is 2.33 bits per heavy atom. The number of sulfone groups is 1. The zero-order valence-corrected chi connectivity index (χ0v) is 13.3. The molecule has 0 unspecified atom stereocenters. The minimum absolute atomic E-state index is 0.0407. The summed E-state index contributed by atoms with van der Waals surface area (Å²) in [7, 11) is -3.01. The summed E-state index contributed by atoms with van der Waals surface area (Å²) in [6.07, 6.45) is 1.25. The van der Waals surface area contributed by atoms with Crippen molar-refractivity contribution in [3.63, 3.8) is 0 Å². The Bertz CT molecular complexity index is 490. The zero-order valence-electron chi connectivity index (χ0n) is 11.6. The lowest BCUT2D eigenvalue weighted by Gasteiger charge is -2.09. The fourth-order valence-corrected chi connectivity index (χ4v) is 3.94. The van der Waals surface area contributed by atoms with Crippen molar-refractivity contribution in [1.82, 2.24) is 10.3 Å². The van der Waals surface area contributed by atoms with E-state index in [0.717, 1.165) is 17.1 Å². The molecular weight excluding hydrogens is 268 g/mol. The van der Waals surface area contributed by atoms with Crippen LogP contribution in [0.5, 0.6) is 0 Å². The van der Waals surface area contributed by atoms with Gasteiger partial charge in [-0.15, -0.1) is 11.3 Å². The van der Waals surface area contributed by atoms with Gasteiger partial charge in [-0.2, -0.15) is 0 Å². The van der Waals surface area contributed by atoms with E-state index in [1.165, 1.54) is 17.6 Å². The Morgan fingerprint density at radius 2 is 1.89 bits per heavy atom. The molecule has 0 atom stereocenters. The molecule has 4 nitrogen and oxygen atoms in total. The van der Waals surface area contributed by atoms with Gasteiger partial charge in [0.1, 0.15) is 10.8 Å². The third-order valence-electron chi connectivity index (χ3n) is 2.38. The fourth-order valence-electron chi connectivity index (χ4n) is 1.57. The highest BCUT2D eigenvalue weighted by Crippen LogP contribution is 2.26. The highest BCUT2D eigenvalue weighted by Gasteiger charge is 2.16. The van der Waals surface area contributed by atoms with Gasteiger partial charge in [-0.1, -0.05) is 27.7 Å². The van der Waals surface area contributed by atoms with Gasteiger partial charge < -0.3 is 5.32 Å². The summed E-state index contributed by atoms with van der Waals surface area (Å²) in [6, 6.07) is 0.408. The van der Waals surface area contributed by atoms with Crippen molar-refractivity contribution in [2.75, 3.05) is 6.26 Å². The lowest BCUT2D eigenvalue weighted by Crippen LogP contribution is -2.22. The summed E-state index contributed by atoms with van der Waals surface area (Å²) in [5.74, 6) is 0.359. The Labute approximate surface area is 114 Å². The molecular formula is C12H22N2O2S2. The van der Waals surface area contributed by atoms with Gasteiger partial charge in [0.05, 0.1) is 5.69 Å². The maximum atomic E-state index is 11.3. The first-order valence-electron chi connectivity index (χ1n) is 6.08. The second-order valence-corrected chi connectivity index (χ2v) is 8.48. The molecule has 0 aromatic carbocycles. The first-order valence-corrected chi connectivity index (χ1v) is 8.96. The third-order valence-corrected chi connectivity index (χ3v) is 4.43. The maximum Gasteiger partial charge on any atom is 0.153 e. The molecule has 0 aliphatic carbocycles. The summed E-state index contributed by atoms with van der Waals surface area (Å²) in [4.78, 5) is 5.62. The van der Waals surface area contributed by atoms with E-state index in [4.69, 9.17) is 0 Å². The molecule has 0 fully saturated rings. The molecule has 0 saturated carbocycles. The van der Waals surface area contributed by atoms with Crippen LogP contribution in [-0.2, 0) is 22.1 Å². The predicted octanol–water partition coefficient (Wildman–Crippen LogP) is 2.31.